The maximum Gasteiger partial charge on any atom is 0.337 e. The van der Waals surface area contributed by atoms with Gasteiger partial charge in [0.1, 0.15) is 0 Å². The first-order chi connectivity index (χ1) is 12.4. The first-order valence-corrected chi connectivity index (χ1v) is 7.87. The number of hydrogen-bond acceptors (Lipinski definition) is 5. The Balaban J connectivity index is 1.93. The van der Waals surface area contributed by atoms with E-state index in [1.54, 1.807) is 49.4 Å². The van der Waals surface area contributed by atoms with Crippen LogP contribution < -0.4 is 10.7 Å². The molecule has 0 atom stereocenters. The van der Waals surface area contributed by atoms with E-state index >= 15 is 0 Å². The van der Waals surface area contributed by atoms with Crippen LogP contribution in [0.3, 0.4) is 0 Å². The molecule has 0 aliphatic rings. The fourth-order valence-electron chi connectivity index (χ4n) is 1.95. The highest BCUT2D eigenvalue weighted by Crippen LogP contribution is 2.19. The number of hydrazone groups is 1. The summed E-state index contributed by atoms with van der Waals surface area (Å²) in [4.78, 5) is 35.0. The number of amides is 2. The molecule has 0 heterocycles. The topological polar surface area (TPSA) is 96.9 Å². The minimum Gasteiger partial charge on any atom is -0.465 e. The summed E-state index contributed by atoms with van der Waals surface area (Å²) in [5, 5.41) is 6.62. The molecule has 0 aromatic heterocycles. The quantitative estimate of drug-likeness (QED) is 0.372. The van der Waals surface area contributed by atoms with Crippen LogP contribution >= 0.6 is 11.6 Å². The van der Waals surface area contributed by atoms with Gasteiger partial charge in [-0.15, -0.1) is 0 Å². The van der Waals surface area contributed by atoms with E-state index in [1.165, 1.54) is 13.3 Å². The van der Waals surface area contributed by atoms with Gasteiger partial charge in [-0.25, -0.2) is 10.2 Å². The number of aryl methyl sites for hydroxylation is 1. The van der Waals surface area contributed by atoms with Gasteiger partial charge in [0.25, 0.3) is 0 Å². The van der Waals surface area contributed by atoms with Gasteiger partial charge in [0.2, 0.25) is 0 Å². The lowest BCUT2D eigenvalue weighted by Crippen LogP contribution is -2.32. The second-order valence-electron chi connectivity index (χ2n) is 5.23. The molecule has 0 fully saturated rings. The number of halogens is 1. The van der Waals surface area contributed by atoms with Crippen LogP contribution in [0.5, 0.6) is 0 Å². The average Bonchev–Trinajstić information content (AvgIpc) is 2.64. The minimum atomic E-state index is -0.924. The molecule has 2 rings (SSSR count). The number of esters is 1. The molecule has 2 N–H and O–H groups in total. The molecule has 8 heteroatoms. The Morgan fingerprint density at radius 1 is 1.08 bits per heavy atom. The van der Waals surface area contributed by atoms with Crippen molar-refractivity contribution >= 4 is 41.3 Å². The number of carbonyl (C=O) groups is 3. The predicted molar refractivity (Wildman–Crippen MR) is 98.3 cm³/mol. The van der Waals surface area contributed by atoms with Crippen LogP contribution in [-0.2, 0) is 14.3 Å². The number of rotatable bonds is 4. The van der Waals surface area contributed by atoms with Crippen molar-refractivity contribution in [2.45, 2.75) is 6.92 Å². The van der Waals surface area contributed by atoms with E-state index in [1.807, 2.05) is 0 Å². The van der Waals surface area contributed by atoms with Gasteiger partial charge in [0, 0.05) is 10.7 Å². The van der Waals surface area contributed by atoms with Crippen LogP contribution in [0.4, 0.5) is 5.69 Å². The summed E-state index contributed by atoms with van der Waals surface area (Å²) in [7, 11) is 1.29. The lowest BCUT2D eigenvalue weighted by atomic mass is 10.1. The Morgan fingerprint density at radius 2 is 1.77 bits per heavy atom. The molecule has 2 amide bonds. The van der Waals surface area contributed by atoms with Crippen molar-refractivity contribution in [2.75, 3.05) is 12.4 Å². The number of benzene rings is 2. The molecule has 7 nitrogen and oxygen atoms in total. The molecule has 26 heavy (non-hydrogen) atoms. The van der Waals surface area contributed by atoms with E-state index in [4.69, 9.17) is 11.6 Å². The highest BCUT2D eigenvalue weighted by molar-refractivity contribution is 6.40. The minimum absolute atomic E-state index is 0.393. The van der Waals surface area contributed by atoms with E-state index < -0.39 is 17.8 Å². The van der Waals surface area contributed by atoms with Crippen molar-refractivity contribution in [1.82, 2.24) is 5.43 Å². The molecule has 0 aliphatic heterocycles. The second-order valence-corrected chi connectivity index (χ2v) is 5.66. The summed E-state index contributed by atoms with van der Waals surface area (Å²) in [5.74, 6) is -2.24. The summed E-state index contributed by atoms with van der Waals surface area (Å²) >= 11 is 5.87. The Bertz CT molecular complexity index is 863. The van der Waals surface area contributed by atoms with Gasteiger partial charge in [0.15, 0.2) is 0 Å². The molecule has 0 saturated heterocycles. The first-order valence-electron chi connectivity index (χ1n) is 7.49. The fourth-order valence-corrected chi connectivity index (χ4v) is 2.12. The normalized spacial score (nSPS) is 10.4. The number of carbonyl (C=O) groups excluding carboxylic acids is 3. The van der Waals surface area contributed by atoms with Gasteiger partial charge in [-0.1, -0.05) is 29.8 Å². The van der Waals surface area contributed by atoms with Crippen LogP contribution in [0.1, 0.15) is 21.5 Å². The van der Waals surface area contributed by atoms with Gasteiger partial charge in [-0.05, 0) is 42.3 Å². The summed E-state index contributed by atoms with van der Waals surface area (Å²) in [6, 6.07) is 11.3. The van der Waals surface area contributed by atoms with Crippen molar-refractivity contribution in [3.05, 3.63) is 64.2 Å². The summed E-state index contributed by atoms with van der Waals surface area (Å²) < 4.78 is 4.60. The Kier molecular flexibility index (Phi) is 6.46. The molecule has 0 unspecified atom stereocenters. The standard InChI is InChI=1S/C18H16ClN3O4/c1-11-3-8-14(19)9-15(11)21-16(23)17(24)22-20-10-12-4-6-13(7-5-12)18(25)26-2/h3-10H,1-2H3,(H,21,23)(H,22,24). The predicted octanol–water partition coefficient (Wildman–Crippen LogP) is 2.52. The van der Waals surface area contributed by atoms with E-state index in [2.05, 4.69) is 20.6 Å². The molecular weight excluding hydrogens is 358 g/mol. The van der Waals surface area contributed by atoms with Crippen LogP contribution in [0, 0.1) is 6.92 Å². The Labute approximate surface area is 155 Å². The smallest absolute Gasteiger partial charge is 0.337 e. The molecule has 0 bridgehead atoms. The van der Waals surface area contributed by atoms with Gasteiger partial charge < -0.3 is 10.1 Å². The fraction of sp³-hybridized carbons (Fsp3) is 0.111. The summed E-state index contributed by atoms with van der Waals surface area (Å²) in [6.45, 7) is 1.78. The molecule has 0 saturated carbocycles. The number of hydrogen-bond donors (Lipinski definition) is 2. The van der Waals surface area contributed by atoms with Gasteiger partial charge >= 0.3 is 17.8 Å². The molecule has 134 valence electrons. The third-order valence-corrected chi connectivity index (χ3v) is 3.60. The Morgan fingerprint density at radius 3 is 2.42 bits per heavy atom. The van der Waals surface area contributed by atoms with Gasteiger partial charge in [-0.3, -0.25) is 9.59 Å². The largest absolute Gasteiger partial charge is 0.465 e. The molecule has 0 radical (unpaired) electrons. The monoisotopic (exact) mass is 373 g/mol. The SMILES string of the molecule is COC(=O)c1ccc(C=NNC(=O)C(=O)Nc2cc(Cl)ccc2C)cc1. The molecular formula is C18H16ClN3O4. The lowest BCUT2D eigenvalue weighted by molar-refractivity contribution is -0.136. The van der Waals surface area contributed by atoms with Crippen molar-refractivity contribution < 1.29 is 19.1 Å². The van der Waals surface area contributed by atoms with Gasteiger partial charge in [-0.2, -0.15) is 5.10 Å². The number of anilines is 1. The van der Waals surface area contributed by atoms with Crippen LogP contribution in [-0.4, -0.2) is 31.1 Å². The third kappa shape index (κ3) is 5.15. The van der Waals surface area contributed by atoms with Crippen molar-refractivity contribution in [3.63, 3.8) is 0 Å². The number of methoxy groups -OCH3 is 1. The lowest BCUT2D eigenvalue weighted by Gasteiger charge is -2.07. The van der Waals surface area contributed by atoms with Crippen LogP contribution in [0.15, 0.2) is 47.6 Å². The maximum atomic E-state index is 11.9. The van der Waals surface area contributed by atoms with Crippen molar-refractivity contribution in [2.24, 2.45) is 5.10 Å². The van der Waals surface area contributed by atoms with Crippen molar-refractivity contribution in [1.29, 1.82) is 0 Å². The first kappa shape index (κ1) is 19.1. The number of nitrogens with zero attached hydrogens (tertiary/aromatic N) is 1. The zero-order valence-corrected chi connectivity index (χ0v) is 14.8. The molecule has 0 aliphatic carbocycles. The second kappa shape index (κ2) is 8.77. The zero-order chi connectivity index (χ0) is 19.1. The van der Waals surface area contributed by atoms with Gasteiger partial charge in [0.05, 0.1) is 18.9 Å². The molecule has 2 aromatic rings. The Hall–Kier alpha value is -3.19. The zero-order valence-electron chi connectivity index (χ0n) is 14.1. The van der Waals surface area contributed by atoms with E-state index in [0.717, 1.165) is 5.56 Å². The van der Waals surface area contributed by atoms with Crippen LogP contribution in [0.2, 0.25) is 5.02 Å². The van der Waals surface area contributed by atoms with E-state index in [9.17, 15) is 14.4 Å². The average molecular weight is 374 g/mol. The third-order valence-electron chi connectivity index (χ3n) is 3.37. The van der Waals surface area contributed by atoms with Crippen LogP contribution in [0.25, 0.3) is 0 Å². The van der Waals surface area contributed by atoms with Crippen molar-refractivity contribution in [3.8, 4) is 0 Å². The number of nitrogens with one attached hydrogen (secondary N) is 2. The molecule has 0 spiro atoms. The maximum absolute atomic E-state index is 11.9. The van der Waals surface area contributed by atoms with E-state index in [0.29, 0.717) is 21.8 Å². The highest BCUT2D eigenvalue weighted by atomic mass is 35.5. The van der Waals surface area contributed by atoms with E-state index in [-0.39, 0.29) is 0 Å². The highest BCUT2D eigenvalue weighted by Gasteiger charge is 2.14. The summed E-state index contributed by atoms with van der Waals surface area (Å²) in [5.41, 5.74) is 4.36. The summed E-state index contributed by atoms with van der Waals surface area (Å²) in [6.07, 6.45) is 1.34. The molecule has 2 aromatic carbocycles. The number of ether oxygens (including phenoxy) is 1.